The van der Waals surface area contributed by atoms with Gasteiger partial charge in [-0.2, -0.15) is 5.10 Å². The maximum Gasteiger partial charge on any atom is 0.206 e. The van der Waals surface area contributed by atoms with Crippen molar-refractivity contribution >= 4 is 26.7 Å². The van der Waals surface area contributed by atoms with Gasteiger partial charge in [0.05, 0.1) is 16.0 Å². The highest BCUT2D eigenvalue weighted by atomic mass is 32.2. The van der Waals surface area contributed by atoms with Crippen molar-refractivity contribution in [2.45, 2.75) is 36.5 Å². The summed E-state index contributed by atoms with van der Waals surface area (Å²) in [5.41, 5.74) is 4.08. The highest BCUT2D eigenvalue weighted by Crippen LogP contribution is 2.23. The molecule has 2 heterocycles. The number of nitrogens with zero attached hydrogens (tertiary/aromatic N) is 2. The second-order valence-corrected chi connectivity index (χ2v) is 9.30. The topological polar surface area (TPSA) is 92.8 Å². The number of hydrogen-bond acceptors (Lipinski definition) is 5. The van der Waals surface area contributed by atoms with Crippen LogP contribution in [0.5, 0.6) is 0 Å². The summed E-state index contributed by atoms with van der Waals surface area (Å²) in [7, 11) is -3.57. The van der Waals surface area contributed by atoms with Crippen LogP contribution in [0.4, 0.5) is 0 Å². The van der Waals surface area contributed by atoms with Gasteiger partial charge in [-0.1, -0.05) is 18.2 Å². The van der Waals surface area contributed by atoms with Crippen LogP contribution in [0.1, 0.15) is 33.5 Å². The summed E-state index contributed by atoms with van der Waals surface area (Å²) in [4.78, 5) is 17.2. The molecule has 0 radical (unpaired) electrons. The lowest BCUT2D eigenvalue weighted by Gasteiger charge is -2.08. The highest BCUT2D eigenvalue weighted by molar-refractivity contribution is 7.91. The molecule has 0 aliphatic carbocycles. The maximum atomic E-state index is 12.9. The molecule has 0 aliphatic rings. The third-order valence-electron chi connectivity index (χ3n) is 5.28. The standard InChI is InChI=1S/C23H21N3O3S/c1-15-3-7-21(11-16(15)2)30(28,29)20-8-4-17(5-9-20)6-10-22(27)18-12-19-14-25-26-23(19)24-13-18/h3-5,7-9,11-14H,6,10H2,1-2H3,(H,24,25,26). The molecule has 2 aromatic heterocycles. The van der Waals surface area contributed by atoms with E-state index in [2.05, 4.69) is 15.2 Å². The first kappa shape index (κ1) is 20.0. The number of fused-ring (bicyclic) bond motifs is 1. The number of hydrogen-bond donors (Lipinski definition) is 1. The van der Waals surface area contributed by atoms with E-state index in [9.17, 15) is 13.2 Å². The van der Waals surface area contributed by atoms with Gasteiger partial charge >= 0.3 is 0 Å². The molecule has 4 rings (SSSR count). The quantitative estimate of drug-likeness (QED) is 0.472. The van der Waals surface area contributed by atoms with Crippen molar-refractivity contribution in [1.82, 2.24) is 15.2 Å². The third-order valence-corrected chi connectivity index (χ3v) is 7.04. The average molecular weight is 420 g/mol. The fourth-order valence-corrected chi connectivity index (χ4v) is 4.59. The Hall–Kier alpha value is -3.32. The first-order chi connectivity index (χ1) is 14.3. The zero-order valence-electron chi connectivity index (χ0n) is 16.7. The van der Waals surface area contributed by atoms with E-state index in [0.29, 0.717) is 24.1 Å². The van der Waals surface area contributed by atoms with Gasteiger partial charge in [-0.15, -0.1) is 0 Å². The number of aryl methyl sites for hydroxylation is 3. The minimum Gasteiger partial charge on any atom is -0.294 e. The van der Waals surface area contributed by atoms with Crippen LogP contribution in [-0.2, 0) is 16.3 Å². The van der Waals surface area contributed by atoms with Gasteiger partial charge in [0.2, 0.25) is 9.84 Å². The number of sulfone groups is 1. The first-order valence-corrected chi connectivity index (χ1v) is 11.1. The molecule has 0 fully saturated rings. The number of ketones is 1. The molecule has 0 atom stereocenters. The van der Waals surface area contributed by atoms with E-state index in [4.69, 9.17) is 0 Å². The summed E-state index contributed by atoms with van der Waals surface area (Å²) >= 11 is 0. The normalized spacial score (nSPS) is 11.7. The Bertz CT molecular complexity index is 1340. The Kier molecular flexibility index (Phi) is 5.22. The van der Waals surface area contributed by atoms with E-state index in [1.54, 1.807) is 54.9 Å². The Labute approximate surface area is 174 Å². The number of rotatable bonds is 6. The van der Waals surface area contributed by atoms with Crippen LogP contribution in [0, 0.1) is 13.8 Å². The molecule has 0 saturated carbocycles. The number of pyridine rings is 1. The van der Waals surface area contributed by atoms with Crippen molar-refractivity contribution in [2.24, 2.45) is 0 Å². The smallest absolute Gasteiger partial charge is 0.206 e. The molecule has 2 aromatic carbocycles. The van der Waals surface area contributed by atoms with Gasteiger partial charge < -0.3 is 0 Å². The van der Waals surface area contributed by atoms with Gasteiger partial charge in [0.15, 0.2) is 11.4 Å². The Morgan fingerprint density at radius 2 is 1.67 bits per heavy atom. The van der Waals surface area contributed by atoms with Crippen molar-refractivity contribution in [3.05, 3.63) is 83.2 Å². The largest absolute Gasteiger partial charge is 0.294 e. The van der Waals surface area contributed by atoms with Gasteiger partial charge in [0.1, 0.15) is 0 Å². The summed E-state index contributed by atoms with van der Waals surface area (Å²) in [5.74, 6) is -0.0163. The third kappa shape index (κ3) is 3.89. The molecule has 30 heavy (non-hydrogen) atoms. The zero-order chi connectivity index (χ0) is 21.3. The lowest BCUT2D eigenvalue weighted by molar-refractivity contribution is 0.0982. The molecule has 0 aliphatic heterocycles. The average Bonchev–Trinajstić information content (AvgIpc) is 3.22. The van der Waals surface area contributed by atoms with Crippen molar-refractivity contribution in [2.75, 3.05) is 0 Å². The van der Waals surface area contributed by atoms with E-state index in [-0.39, 0.29) is 15.6 Å². The van der Waals surface area contributed by atoms with E-state index in [0.717, 1.165) is 22.1 Å². The monoisotopic (exact) mass is 419 g/mol. The molecule has 0 saturated heterocycles. The van der Waals surface area contributed by atoms with Crippen LogP contribution < -0.4 is 0 Å². The molecule has 1 N–H and O–H groups in total. The predicted molar refractivity (Wildman–Crippen MR) is 114 cm³/mol. The lowest BCUT2D eigenvalue weighted by Crippen LogP contribution is -2.04. The SMILES string of the molecule is Cc1ccc(S(=O)(=O)c2ccc(CCC(=O)c3cnc4[nH]ncc4c3)cc2)cc1C. The molecule has 152 valence electrons. The molecule has 0 bridgehead atoms. The number of nitrogens with one attached hydrogen (secondary N) is 1. The second kappa shape index (κ2) is 7.84. The van der Waals surface area contributed by atoms with Gasteiger partial charge in [0.25, 0.3) is 0 Å². The van der Waals surface area contributed by atoms with E-state index >= 15 is 0 Å². The molecule has 0 spiro atoms. The number of carbonyl (C=O) groups excluding carboxylic acids is 1. The summed E-state index contributed by atoms with van der Waals surface area (Å²) in [6.07, 6.45) is 4.01. The molecule has 7 heteroatoms. The fraction of sp³-hybridized carbons (Fsp3) is 0.174. The Morgan fingerprint density at radius 3 is 2.40 bits per heavy atom. The molecule has 4 aromatic rings. The zero-order valence-corrected chi connectivity index (χ0v) is 17.5. The van der Waals surface area contributed by atoms with Gasteiger partial charge in [-0.05, 0) is 67.3 Å². The minimum absolute atomic E-state index is 0.0163. The van der Waals surface area contributed by atoms with E-state index in [1.807, 2.05) is 19.9 Å². The van der Waals surface area contributed by atoms with Crippen molar-refractivity contribution < 1.29 is 13.2 Å². The molecular formula is C23H21N3O3S. The van der Waals surface area contributed by atoms with Crippen LogP contribution in [0.3, 0.4) is 0 Å². The highest BCUT2D eigenvalue weighted by Gasteiger charge is 2.18. The van der Waals surface area contributed by atoms with Crippen molar-refractivity contribution in [1.29, 1.82) is 0 Å². The molecular weight excluding hydrogens is 398 g/mol. The minimum atomic E-state index is -3.57. The van der Waals surface area contributed by atoms with Crippen molar-refractivity contribution in [3.63, 3.8) is 0 Å². The van der Waals surface area contributed by atoms with Crippen LogP contribution in [0.2, 0.25) is 0 Å². The number of benzene rings is 2. The summed E-state index contributed by atoms with van der Waals surface area (Å²) in [5, 5.41) is 7.46. The summed E-state index contributed by atoms with van der Waals surface area (Å²) in [6.45, 7) is 3.85. The first-order valence-electron chi connectivity index (χ1n) is 9.58. The van der Waals surface area contributed by atoms with Gasteiger partial charge in [-0.3, -0.25) is 9.89 Å². The van der Waals surface area contributed by atoms with E-state index in [1.165, 1.54) is 0 Å². The van der Waals surface area contributed by atoms with Gasteiger partial charge in [0, 0.05) is 23.6 Å². The fourth-order valence-electron chi connectivity index (χ4n) is 3.24. The lowest BCUT2D eigenvalue weighted by atomic mass is 10.0. The number of Topliss-reactive ketones (excluding diaryl/α,β-unsaturated/α-hetero) is 1. The number of carbonyl (C=O) groups is 1. The second-order valence-electron chi connectivity index (χ2n) is 7.35. The summed E-state index contributed by atoms with van der Waals surface area (Å²) < 4.78 is 25.8. The Morgan fingerprint density at radius 1 is 0.933 bits per heavy atom. The molecule has 0 unspecified atom stereocenters. The number of H-pyrrole nitrogens is 1. The Balaban J connectivity index is 1.46. The predicted octanol–water partition coefficient (Wildman–Crippen LogP) is 4.22. The van der Waals surface area contributed by atoms with Crippen LogP contribution in [-0.4, -0.2) is 29.4 Å². The van der Waals surface area contributed by atoms with Gasteiger partial charge in [-0.25, -0.2) is 13.4 Å². The molecule has 6 nitrogen and oxygen atoms in total. The number of aromatic nitrogens is 3. The van der Waals surface area contributed by atoms with E-state index < -0.39 is 9.84 Å². The maximum absolute atomic E-state index is 12.9. The van der Waals surface area contributed by atoms with Crippen LogP contribution in [0.15, 0.2) is 70.7 Å². The van der Waals surface area contributed by atoms with Crippen molar-refractivity contribution in [3.8, 4) is 0 Å². The van der Waals surface area contributed by atoms with Crippen LogP contribution in [0.25, 0.3) is 11.0 Å². The van der Waals surface area contributed by atoms with Crippen LogP contribution >= 0.6 is 0 Å². The summed E-state index contributed by atoms with van der Waals surface area (Å²) in [6, 6.07) is 13.6. The molecule has 0 amide bonds. The number of aromatic amines is 1.